The van der Waals surface area contributed by atoms with Gasteiger partial charge in [0.1, 0.15) is 35.6 Å². The number of furan rings is 1. The first kappa shape index (κ1) is 19.0. The number of nitrogens with zero attached hydrogens (tertiary/aromatic N) is 4. The Morgan fingerprint density at radius 1 is 1.18 bits per heavy atom. The highest BCUT2D eigenvalue weighted by Crippen LogP contribution is 2.36. The topological polar surface area (TPSA) is 73.4 Å². The molecule has 0 N–H and O–H groups in total. The summed E-state index contributed by atoms with van der Waals surface area (Å²) in [6.45, 7) is -1.62. The molecule has 1 aliphatic heterocycles. The molecule has 0 atom stereocenters. The Balaban J connectivity index is 1.62. The minimum absolute atomic E-state index is 0.00416. The van der Waals surface area contributed by atoms with Crippen LogP contribution in [0.2, 0.25) is 0 Å². The van der Waals surface area contributed by atoms with E-state index in [4.69, 9.17) is 11.9 Å². The van der Waals surface area contributed by atoms with Crippen molar-refractivity contribution in [2.45, 2.75) is 19.1 Å². The summed E-state index contributed by atoms with van der Waals surface area (Å²) in [6.07, 6.45) is -3.87. The molecule has 0 spiro atoms. The van der Waals surface area contributed by atoms with Crippen molar-refractivity contribution in [2.24, 2.45) is 0 Å². The van der Waals surface area contributed by atoms with Crippen molar-refractivity contribution < 1.29 is 34.3 Å². The normalized spacial score (nSPS) is 17.8. The van der Waals surface area contributed by atoms with Gasteiger partial charge in [0, 0.05) is 45.0 Å². The minimum Gasteiger partial charge on any atom is -0.464 e. The van der Waals surface area contributed by atoms with Crippen molar-refractivity contribution in [3.05, 3.63) is 48.2 Å². The molecule has 7 nitrogen and oxygen atoms in total. The Morgan fingerprint density at radius 3 is 2.85 bits per heavy atom. The van der Waals surface area contributed by atoms with Crippen LogP contribution in [0.3, 0.4) is 0 Å². The van der Waals surface area contributed by atoms with E-state index in [1.165, 1.54) is 41.6 Å². The molecule has 1 saturated heterocycles. The number of hydrogen-bond acceptors (Lipinski definition) is 5. The number of carbonyl (C=O) groups is 1. The first-order valence-electron chi connectivity index (χ1n) is 11.0. The second-order valence-corrected chi connectivity index (χ2v) is 7.53. The van der Waals surface area contributed by atoms with Gasteiger partial charge < -0.3 is 14.1 Å². The largest absolute Gasteiger partial charge is 0.464 e. The molecule has 172 valence electrons. The number of rotatable bonds is 3. The lowest BCUT2D eigenvalue weighted by atomic mass is 10.1. The van der Waals surface area contributed by atoms with Crippen LogP contribution in [-0.2, 0) is 11.3 Å². The molecule has 1 aliphatic rings. The second kappa shape index (κ2) is 8.14. The molecule has 1 fully saturated rings. The number of ether oxygens (including phenoxy) is 1. The van der Waals surface area contributed by atoms with Gasteiger partial charge in [-0.2, -0.15) is 18.3 Å². The molecular weight excluding hydrogens is 444 g/mol. The van der Waals surface area contributed by atoms with Gasteiger partial charge in [0.05, 0.1) is 12.1 Å². The number of carbonyl (C=O) groups excluding carboxylic acids is 1. The fourth-order valence-corrected chi connectivity index (χ4v) is 3.77. The van der Waals surface area contributed by atoms with Gasteiger partial charge >= 0.3 is 6.18 Å². The van der Waals surface area contributed by atoms with E-state index in [0.29, 0.717) is 15.7 Å². The van der Waals surface area contributed by atoms with Gasteiger partial charge in [-0.3, -0.25) is 14.5 Å². The van der Waals surface area contributed by atoms with Crippen molar-refractivity contribution in [3.8, 4) is 11.3 Å². The van der Waals surface area contributed by atoms with Crippen molar-refractivity contribution in [1.29, 1.82) is 0 Å². The Hall–Kier alpha value is -3.47. The fourth-order valence-electron chi connectivity index (χ4n) is 3.77. The average molecular weight is 464 g/mol. The smallest absolute Gasteiger partial charge is 0.408 e. The van der Waals surface area contributed by atoms with Gasteiger partial charge in [-0.25, -0.2) is 4.39 Å². The first-order valence-corrected chi connectivity index (χ1v) is 9.98. The fraction of sp³-hybridized carbons (Fsp3) is 0.318. The third-order valence-electron chi connectivity index (χ3n) is 5.27. The zero-order valence-electron chi connectivity index (χ0n) is 19.0. The van der Waals surface area contributed by atoms with Crippen LogP contribution in [0.4, 0.5) is 17.6 Å². The van der Waals surface area contributed by atoms with Gasteiger partial charge in [-0.15, -0.1) is 0 Å². The van der Waals surface area contributed by atoms with Crippen LogP contribution in [0.15, 0.2) is 41.1 Å². The number of pyridine rings is 1. The number of amides is 1. The molecular formula is C22H18F4N4O3. The predicted octanol–water partition coefficient (Wildman–Crippen LogP) is 4.41. The molecule has 11 heteroatoms. The van der Waals surface area contributed by atoms with Gasteiger partial charge in [0.25, 0.3) is 5.91 Å². The maximum Gasteiger partial charge on any atom is 0.408 e. The summed E-state index contributed by atoms with van der Waals surface area (Å²) in [4.78, 5) is 18.4. The number of aromatic nitrogens is 3. The average Bonchev–Trinajstić information content (AvgIpc) is 3.28. The van der Waals surface area contributed by atoms with Crippen molar-refractivity contribution in [2.75, 3.05) is 26.3 Å². The van der Waals surface area contributed by atoms with Crippen LogP contribution in [0.25, 0.3) is 33.1 Å². The second-order valence-electron chi connectivity index (χ2n) is 7.53. The van der Waals surface area contributed by atoms with Gasteiger partial charge in [-0.05, 0) is 30.6 Å². The van der Waals surface area contributed by atoms with Crippen molar-refractivity contribution in [3.63, 3.8) is 0 Å². The number of hydrogen-bond donors (Lipinski definition) is 0. The molecule has 0 aliphatic carbocycles. The van der Waals surface area contributed by atoms with Crippen LogP contribution in [-0.4, -0.2) is 58.1 Å². The molecule has 4 heterocycles. The quantitative estimate of drug-likeness (QED) is 0.420. The lowest BCUT2D eigenvalue weighted by molar-refractivity contribution is -0.141. The molecule has 0 unspecified atom stereocenters. The Labute approximate surface area is 187 Å². The lowest BCUT2D eigenvalue weighted by Gasteiger charge is -2.19. The first-order chi connectivity index (χ1) is 16.5. The Bertz CT molecular complexity index is 1430. The van der Waals surface area contributed by atoms with Crippen LogP contribution in [0, 0.1) is 5.82 Å². The highest BCUT2D eigenvalue weighted by molar-refractivity contribution is 6.03. The Kier molecular flexibility index (Phi) is 4.70. The SMILES string of the molecule is [2H]C1([2H])COCCN(C(=O)c2cc3c(cn2)c(-c2coc4ccc(F)cc24)nn3CC(F)(F)F)C1. The maximum atomic E-state index is 13.8. The summed E-state index contributed by atoms with van der Waals surface area (Å²) in [6, 6.07) is 5.00. The van der Waals surface area contributed by atoms with Gasteiger partial charge in [0.15, 0.2) is 0 Å². The zero-order valence-corrected chi connectivity index (χ0v) is 17.0. The number of benzene rings is 1. The number of halogens is 4. The highest BCUT2D eigenvalue weighted by Gasteiger charge is 2.31. The van der Waals surface area contributed by atoms with Crippen LogP contribution in [0.5, 0.6) is 0 Å². The molecule has 0 saturated carbocycles. The van der Waals surface area contributed by atoms with Crippen LogP contribution in [0.1, 0.15) is 19.6 Å². The standard InChI is InChI=1S/C22H18F4N4O3/c23-13-2-3-19-14(8-13)16(11-33-19)20-15-10-27-17(21(31)29-4-1-6-32-7-5-29)9-18(15)30(28-20)12-22(24,25)26/h2-3,8-11H,1,4-7,12H2/i1D2. The Morgan fingerprint density at radius 2 is 2.03 bits per heavy atom. The molecule has 0 bridgehead atoms. The summed E-state index contributed by atoms with van der Waals surface area (Å²) in [5, 5.41) is 4.66. The van der Waals surface area contributed by atoms with Gasteiger partial charge in [-0.1, -0.05) is 0 Å². The van der Waals surface area contributed by atoms with Crippen LogP contribution >= 0.6 is 0 Å². The molecule has 33 heavy (non-hydrogen) atoms. The van der Waals surface area contributed by atoms with Crippen molar-refractivity contribution >= 4 is 27.8 Å². The summed E-state index contributed by atoms with van der Waals surface area (Å²) in [5.74, 6) is -1.19. The third-order valence-corrected chi connectivity index (χ3v) is 5.27. The molecule has 1 amide bonds. The summed E-state index contributed by atoms with van der Waals surface area (Å²) >= 11 is 0. The molecule has 0 radical (unpaired) electrons. The summed E-state index contributed by atoms with van der Waals surface area (Å²) in [7, 11) is 0. The molecule has 1 aromatic carbocycles. The van der Waals surface area contributed by atoms with E-state index in [1.54, 1.807) is 0 Å². The number of fused-ring (bicyclic) bond motifs is 2. The van der Waals surface area contributed by atoms with E-state index in [-0.39, 0.29) is 54.2 Å². The predicted molar refractivity (Wildman–Crippen MR) is 110 cm³/mol. The lowest BCUT2D eigenvalue weighted by Crippen LogP contribution is -2.33. The van der Waals surface area contributed by atoms with E-state index in [2.05, 4.69) is 10.1 Å². The molecule has 5 rings (SSSR count). The molecule has 3 aromatic heterocycles. The maximum absolute atomic E-state index is 13.8. The summed E-state index contributed by atoms with van der Waals surface area (Å²) in [5.41, 5.74) is 0.546. The monoisotopic (exact) mass is 464 g/mol. The number of alkyl halides is 3. The van der Waals surface area contributed by atoms with Gasteiger partial charge in [0.2, 0.25) is 0 Å². The summed E-state index contributed by atoms with van der Waals surface area (Å²) < 4.78 is 81.0. The van der Waals surface area contributed by atoms with E-state index >= 15 is 0 Å². The van der Waals surface area contributed by atoms with Crippen molar-refractivity contribution in [1.82, 2.24) is 19.7 Å². The zero-order chi connectivity index (χ0) is 25.0. The molecule has 4 aromatic rings. The van der Waals surface area contributed by atoms with Crippen LogP contribution < -0.4 is 0 Å². The van der Waals surface area contributed by atoms with E-state index in [1.807, 2.05) is 0 Å². The van der Waals surface area contributed by atoms with E-state index in [0.717, 1.165) is 0 Å². The minimum atomic E-state index is -4.60. The van der Waals surface area contributed by atoms with E-state index in [9.17, 15) is 22.4 Å². The third kappa shape index (κ3) is 4.15. The van der Waals surface area contributed by atoms with E-state index < -0.39 is 30.8 Å². The highest BCUT2D eigenvalue weighted by atomic mass is 19.4.